The quantitative estimate of drug-likeness (QED) is 0.344. The fraction of sp³-hybridized carbons (Fsp3) is 0.455. The fourth-order valence-electron chi connectivity index (χ4n) is 2.79. The molecule has 2 heterocycles. The Labute approximate surface area is 190 Å². The van der Waals surface area contributed by atoms with Crippen LogP contribution in [0.5, 0.6) is 0 Å². The number of hydrogen-bond donors (Lipinski definition) is 2. The first-order chi connectivity index (χ1) is 15.7. The van der Waals surface area contributed by atoms with E-state index in [4.69, 9.17) is 24.4 Å². The first-order valence-corrected chi connectivity index (χ1v) is 10.6. The van der Waals surface area contributed by atoms with Gasteiger partial charge in [0.1, 0.15) is 16.8 Å². The van der Waals surface area contributed by atoms with E-state index in [1.165, 1.54) is 10.7 Å². The largest absolute Gasteiger partial charge is 0.444 e. The topological polar surface area (TPSA) is 144 Å². The van der Waals surface area contributed by atoms with Gasteiger partial charge in [0.05, 0.1) is 33.0 Å². The minimum atomic E-state index is -0.535. The van der Waals surface area contributed by atoms with Gasteiger partial charge in [-0.1, -0.05) is 0 Å². The minimum absolute atomic E-state index is 0.257. The lowest BCUT2D eigenvalue weighted by molar-refractivity contribution is 0.0376. The SMILES string of the molecule is CC(C)(C)OC(=O)NCCOCCOCCn1nc(-c2nc3cc(N)ccc3o2)ccc1=O. The van der Waals surface area contributed by atoms with Gasteiger partial charge in [-0.3, -0.25) is 4.79 Å². The van der Waals surface area contributed by atoms with Crippen LogP contribution < -0.4 is 16.6 Å². The number of oxazole rings is 1. The summed E-state index contributed by atoms with van der Waals surface area (Å²) in [5.74, 6) is 0.304. The summed E-state index contributed by atoms with van der Waals surface area (Å²) in [4.78, 5) is 28.0. The molecule has 1 amide bonds. The van der Waals surface area contributed by atoms with Crippen LogP contribution in [0.25, 0.3) is 22.7 Å². The molecule has 0 spiro atoms. The molecule has 0 aliphatic rings. The van der Waals surface area contributed by atoms with Crippen molar-refractivity contribution in [2.24, 2.45) is 0 Å². The molecule has 0 saturated heterocycles. The number of alkyl carbamates (subject to hydrolysis) is 1. The van der Waals surface area contributed by atoms with Crippen LogP contribution in [0.2, 0.25) is 0 Å². The second kappa shape index (κ2) is 10.9. The van der Waals surface area contributed by atoms with Gasteiger partial charge in [0, 0.05) is 18.3 Å². The molecule has 33 heavy (non-hydrogen) atoms. The van der Waals surface area contributed by atoms with Crippen LogP contribution in [-0.2, 0) is 20.8 Å². The van der Waals surface area contributed by atoms with Crippen LogP contribution in [0.4, 0.5) is 10.5 Å². The third-order valence-corrected chi connectivity index (χ3v) is 4.23. The Hall–Kier alpha value is -3.44. The number of hydrogen-bond acceptors (Lipinski definition) is 9. The molecule has 0 fully saturated rings. The molecule has 0 aliphatic heterocycles. The molecule has 0 radical (unpaired) electrons. The van der Waals surface area contributed by atoms with Gasteiger partial charge >= 0.3 is 6.09 Å². The van der Waals surface area contributed by atoms with Crippen molar-refractivity contribution in [3.05, 3.63) is 40.7 Å². The summed E-state index contributed by atoms with van der Waals surface area (Å²) in [5.41, 5.74) is 7.21. The summed E-state index contributed by atoms with van der Waals surface area (Å²) in [6.07, 6.45) is -0.482. The molecule has 0 bridgehead atoms. The number of carbonyl (C=O) groups excluding carboxylic acids is 1. The predicted molar refractivity (Wildman–Crippen MR) is 122 cm³/mol. The summed E-state index contributed by atoms with van der Waals surface area (Å²) in [5, 5.41) is 6.92. The highest BCUT2D eigenvalue weighted by molar-refractivity contribution is 5.78. The number of rotatable bonds is 10. The number of nitrogens with one attached hydrogen (secondary N) is 1. The molecule has 3 rings (SSSR count). The lowest BCUT2D eigenvalue weighted by Crippen LogP contribution is -2.34. The van der Waals surface area contributed by atoms with Gasteiger partial charge in [-0.25, -0.2) is 14.5 Å². The Bertz CT molecular complexity index is 1130. The van der Waals surface area contributed by atoms with E-state index in [9.17, 15) is 9.59 Å². The van der Waals surface area contributed by atoms with E-state index < -0.39 is 11.7 Å². The smallest absolute Gasteiger partial charge is 0.407 e. The number of anilines is 1. The third kappa shape index (κ3) is 7.58. The summed E-state index contributed by atoms with van der Waals surface area (Å²) in [6.45, 7) is 7.30. The maximum Gasteiger partial charge on any atom is 0.407 e. The molecule has 11 heteroatoms. The average molecular weight is 460 g/mol. The van der Waals surface area contributed by atoms with Crippen LogP contribution in [0, 0.1) is 0 Å². The summed E-state index contributed by atoms with van der Waals surface area (Å²) < 4.78 is 23.0. The van der Waals surface area contributed by atoms with E-state index in [0.29, 0.717) is 54.7 Å². The zero-order valence-electron chi connectivity index (χ0n) is 19.0. The lowest BCUT2D eigenvalue weighted by Gasteiger charge is -2.19. The molecule has 3 aromatic rings. The monoisotopic (exact) mass is 459 g/mol. The van der Waals surface area contributed by atoms with E-state index in [2.05, 4.69) is 15.4 Å². The Morgan fingerprint density at radius 1 is 1.12 bits per heavy atom. The highest BCUT2D eigenvalue weighted by Crippen LogP contribution is 2.23. The lowest BCUT2D eigenvalue weighted by atomic mass is 10.2. The van der Waals surface area contributed by atoms with Crippen molar-refractivity contribution in [1.82, 2.24) is 20.1 Å². The number of amides is 1. The Morgan fingerprint density at radius 2 is 1.88 bits per heavy atom. The summed E-state index contributed by atoms with van der Waals surface area (Å²) in [7, 11) is 0. The highest BCUT2D eigenvalue weighted by atomic mass is 16.6. The van der Waals surface area contributed by atoms with Crippen molar-refractivity contribution < 1.29 is 23.4 Å². The first kappa shape index (κ1) is 24.2. The van der Waals surface area contributed by atoms with E-state index in [1.54, 1.807) is 45.0 Å². The molecule has 0 saturated carbocycles. The molecular formula is C22H29N5O6. The molecule has 178 valence electrons. The molecular weight excluding hydrogens is 430 g/mol. The fourth-order valence-corrected chi connectivity index (χ4v) is 2.79. The number of ether oxygens (including phenoxy) is 3. The van der Waals surface area contributed by atoms with Crippen molar-refractivity contribution in [3.63, 3.8) is 0 Å². The normalized spacial score (nSPS) is 11.6. The number of benzene rings is 1. The first-order valence-electron chi connectivity index (χ1n) is 10.6. The van der Waals surface area contributed by atoms with Crippen LogP contribution >= 0.6 is 0 Å². The second-order valence-corrected chi connectivity index (χ2v) is 8.18. The van der Waals surface area contributed by atoms with E-state index >= 15 is 0 Å². The van der Waals surface area contributed by atoms with Crippen molar-refractivity contribution in [2.45, 2.75) is 32.9 Å². The molecule has 0 unspecified atom stereocenters. The van der Waals surface area contributed by atoms with Gasteiger partial charge < -0.3 is 29.7 Å². The van der Waals surface area contributed by atoms with Gasteiger partial charge in [-0.15, -0.1) is 0 Å². The van der Waals surface area contributed by atoms with E-state index in [-0.39, 0.29) is 18.7 Å². The number of aromatic nitrogens is 3. The highest BCUT2D eigenvalue weighted by Gasteiger charge is 2.15. The number of carbonyl (C=O) groups is 1. The van der Waals surface area contributed by atoms with Gasteiger partial charge in [0.15, 0.2) is 5.58 Å². The summed E-state index contributed by atoms with van der Waals surface area (Å²) in [6, 6.07) is 8.14. The van der Waals surface area contributed by atoms with Crippen molar-refractivity contribution in [1.29, 1.82) is 0 Å². The molecule has 1 aromatic carbocycles. The minimum Gasteiger partial charge on any atom is -0.444 e. The van der Waals surface area contributed by atoms with Crippen LogP contribution in [0.1, 0.15) is 20.8 Å². The molecule has 11 nitrogen and oxygen atoms in total. The third-order valence-electron chi connectivity index (χ3n) is 4.23. The van der Waals surface area contributed by atoms with E-state index in [1.807, 2.05) is 0 Å². The van der Waals surface area contributed by atoms with Gasteiger partial charge in [0.25, 0.3) is 5.56 Å². The molecule has 0 atom stereocenters. The van der Waals surface area contributed by atoms with Gasteiger partial charge in [-0.05, 0) is 45.0 Å². The van der Waals surface area contributed by atoms with E-state index in [0.717, 1.165) is 0 Å². The van der Waals surface area contributed by atoms with Gasteiger partial charge in [-0.2, -0.15) is 5.10 Å². The van der Waals surface area contributed by atoms with Gasteiger partial charge in [0.2, 0.25) is 5.89 Å². The standard InChI is InChI=1S/C22H29N5O6/c1-22(2,3)33-21(29)24-8-10-30-12-13-31-11-9-27-19(28)7-5-16(26-27)20-25-17-14-15(23)4-6-18(17)32-20/h4-7,14H,8-13,23H2,1-3H3,(H,24,29). The number of nitrogens with two attached hydrogens (primary N) is 1. The average Bonchev–Trinajstić information content (AvgIpc) is 3.15. The number of nitrogens with zero attached hydrogens (tertiary/aromatic N) is 3. The Balaban J connectivity index is 1.38. The van der Waals surface area contributed by atoms with Crippen LogP contribution in [-0.4, -0.2) is 59.4 Å². The molecule has 0 aliphatic carbocycles. The summed E-state index contributed by atoms with van der Waals surface area (Å²) >= 11 is 0. The second-order valence-electron chi connectivity index (χ2n) is 8.18. The molecule has 2 aromatic heterocycles. The zero-order chi connectivity index (χ0) is 23.8. The zero-order valence-corrected chi connectivity index (χ0v) is 19.0. The van der Waals surface area contributed by atoms with Crippen molar-refractivity contribution in [2.75, 3.05) is 38.7 Å². The maximum atomic E-state index is 12.1. The van der Waals surface area contributed by atoms with Crippen LogP contribution in [0.15, 0.2) is 39.5 Å². The van der Waals surface area contributed by atoms with Crippen molar-refractivity contribution >= 4 is 22.9 Å². The molecule has 3 N–H and O–H groups in total. The Morgan fingerprint density at radius 3 is 2.64 bits per heavy atom. The maximum absolute atomic E-state index is 12.1. The van der Waals surface area contributed by atoms with Crippen molar-refractivity contribution in [3.8, 4) is 11.6 Å². The number of nitrogen functional groups attached to an aromatic ring is 1. The predicted octanol–water partition coefficient (Wildman–Crippen LogP) is 2.19. The van der Waals surface area contributed by atoms with Crippen LogP contribution in [0.3, 0.4) is 0 Å². The number of fused-ring (bicyclic) bond motifs is 1. The Kier molecular flexibility index (Phi) is 8.01.